The van der Waals surface area contributed by atoms with Crippen molar-refractivity contribution in [3.05, 3.63) is 125 Å². The quantitative estimate of drug-likeness (QED) is 0.0193. The molecule has 0 spiro atoms. The summed E-state index contributed by atoms with van der Waals surface area (Å²) in [4.78, 5) is 99.9. The third-order valence-electron chi connectivity index (χ3n) is 18.6. The lowest BCUT2D eigenvalue weighted by atomic mass is 9.51. The van der Waals surface area contributed by atoms with E-state index in [1.807, 2.05) is 40.8 Å². The summed E-state index contributed by atoms with van der Waals surface area (Å²) in [7, 11) is 0. The van der Waals surface area contributed by atoms with E-state index < -0.39 is 83.8 Å². The molecule has 2 saturated carbocycles. The van der Waals surface area contributed by atoms with Gasteiger partial charge in [0.15, 0.2) is 16.9 Å². The Morgan fingerprint density at radius 1 is 0.825 bits per heavy atom. The van der Waals surface area contributed by atoms with Gasteiger partial charge in [-0.05, 0) is 129 Å². The van der Waals surface area contributed by atoms with Gasteiger partial charge in [0.25, 0.3) is 17.7 Å². The topological polar surface area (TPSA) is 362 Å². The number of imide groups is 1. The predicted molar refractivity (Wildman–Crippen MR) is 347 cm³/mol. The van der Waals surface area contributed by atoms with E-state index in [4.69, 9.17) is 33.5 Å². The molecule has 0 radical (unpaired) electrons. The van der Waals surface area contributed by atoms with E-state index in [9.17, 15) is 59.1 Å². The third kappa shape index (κ3) is 16.2. The zero-order valence-corrected chi connectivity index (χ0v) is 54.6. The highest BCUT2D eigenvalue weighted by atomic mass is 32.1. The Morgan fingerprint density at radius 3 is 2.34 bits per heavy atom. The summed E-state index contributed by atoms with van der Waals surface area (Å²) in [6, 6.07) is 18.0. The summed E-state index contributed by atoms with van der Waals surface area (Å²) in [6.45, 7) is 7.49. The van der Waals surface area contributed by atoms with Gasteiger partial charge in [-0.1, -0.05) is 43.7 Å². The number of pyridine rings is 1. The first-order valence-corrected chi connectivity index (χ1v) is 33.1. The van der Waals surface area contributed by atoms with Crippen molar-refractivity contribution in [2.75, 3.05) is 62.8 Å². The first-order valence-electron chi connectivity index (χ1n) is 32.2. The number of nitrogens with one attached hydrogen (secondary N) is 3. The molecule has 6 heterocycles. The Balaban J connectivity index is 0.698. The van der Waals surface area contributed by atoms with Crippen LogP contribution in [0.1, 0.15) is 115 Å². The number of hydrogen-bond acceptors (Lipinski definition) is 21. The molecule has 5 aliphatic rings. The maximum Gasteiger partial charge on any atom is 0.407 e. The zero-order valence-electron chi connectivity index (χ0n) is 53.8. The maximum atomic E-state index is 15.3. The molecule has 2 bridgehead atoms. The molecule has 1 saturated heterocycles. The number of halogens is 1. The highest BCUT2D eigenvalue weighted by Gasteiger charge is 2.53. The molecular formula is C68H78FN9O18S. The Bertz CT molecular complexity index is 3930. The Morgan fingerprint density at radius 2 is 1.59 bits per heavy atom. The number of ether oxygens (including phenoxy) is 6. The van der Waals surface area contributed by atoms with Crippen LogP contribution in [0.4, 0.5) is 20.1 Å². The number of carboxylic acid groups (broad SMARTS) is 2. The summed E-state index contributed by atoms with van der Waals surface area (Å²) < 4.78 is 53.4. The van der Waals surface area contributed by atoms with E-state index in [2.05, 4.69) is 39.8 Å². The van der Waals surface area contributed by atoms with Crippen molar-refractivity contribution in [3.8, 4) is 22.6 Å². The number of nitrogens with zero attached hydrogens (tertiary/aromatic N) is 6. The van der Waals surface area contributed by atoms with Gasteiger partial charge in [0.05, 0.1) is 41.8 Å². The number of carbonyl (C=O) groups is 7. The number of alkyl carbamates (subject to hydrolysis) is 1. The number of fused-ring (bicyclic) bond motifs is 4. The van der Waals surface area contributed by atoms with Gasteiger partial charge in [0, 0.05) is 91.9 Å². The zero-order chi connectivity index (χ0) is 68.8. The second kappa shape index (κ2) is 29.8. The maximum absolute atomic E-state index is 15.3. The Kier molecular flexibility index (Phi) is 21.3. The molecule has 3 aliphatic heterocycles. The largest absolute Gasteiger partial charge is 0.491 e. The number of para-hydroxylation sites is 1. The minimum atomic E-state index is -1.95. The number of carboxylic acids is 2. The minimum Gasteiger partial charge on any atom is -0.491 e. The average Bonchev–Trinajstić information content (AvgIpc) is 1.44. The molecule has 29 heteroatoms. The van der Waals surface area contributed by atoms with Crippen LogP contribution >= 0.6 is 11.3 Å². The Hall–Kier alpha value is -8.97. The summed E-state index contributed by atoms with van der Waals surface area (Å²) in [5.41, 5.74) is 3.32. The van der Waals surface area contributed by atoms with Gasteiger partial charge in [-0.3, -0.25) is 34.1 Å². The number of hydrogen-bond donors (Lipinski definition) is 8. The fourth-order valence-electron chi connectivity index (χ4n) is 14.3. The number of aryl methyl sites for hydroxylation is 1. The highest BCUT2D eigenvalue weighted by Crippen LogP contribution is 2.60. The molecule has 2 unspecified atom stereocenters. The number of aliphatic carboxylic acids is 1. The van der Waals surface area contributed by atoms with Gasteiger partial charge < -0.3 is 69.5 Å². The van der Waals surface area contributed by atoms with E-state index in [1.165, 1.54) is 41.7 Å². The molecule has 8 N–H and O–H groups in total. The van der Waals surface area contributed by atoms with Gasteiger partial charge in [0.2, 0.25) is 12.2 Å². The number of thiazole rings is 1. The molecule has 97 heavy (non-hydrogen) atoms. The summed E-state index contributed by atoms with van der Waals surface area (Å²) in [5.74, 6) is -4.61. The van der Waals surface area contributed by atoms with E-state index in [0.717, 1.165) is 71.5 Å². The number of benzene rings is 3. The molecule has 516 valence electrons. The van der Waals surface area contributed by atoms with Crippen LogP contribution in [0.15, 0.2) is 85.1 Å². The summed E-state index contributed by atoms with van der Waals surface area (Å²) >= 11 is 1.33. The molecular weight excluding hydrogens is 1280 g/mol. The summed E-state index contributed by atoms with van der Waals surface area (Å²) in [6.07, 6.45) is 1.21. The SMILES string of the molecule is Cc1c(-c2ccc(N3CCc4c(F)ccc(C(=O)Nc5nc6ccccc6s5)c4C3)nc2C(=O)O)cnn1CCCC1(OCCNC(=O)OCc2ccc(O[C@@H]3O[C@H](C(=O)O)[C@@H](O)[C@H](O)[C@H]3O)cc2OCCOCCNC(=O)CCN2C(=O)C=CC2=O)CC2(C)CCCC(C)(C2)C1. The molecule has 2 aliphatic carbocycles. The molecule has 27 nitrogen and oxygen atoms in total. The standard InChI is InChI=1S/C68H78FN9O18S/c1-39-45(43-13-15-51(74-55(43)61(86)87)76-26-18-42-46(34-76)44(12-14-47(42)69)60(85)75-64-73-48-8-4-5-9-50(48)97-64)33-72-78(39)25-7-22-68(37-66(2)20-6-21-67(3,36-66)38-68)94-29-24-71-65(90)93-35-40-10-11-41(95-63-58(84)56(82)57(83)59(96-63)62(88)89)32-49(40)92-31-30-91-28-23-70-52(79)19-27-77-53(80)16-17-54(77)81/h4-5,8-17,32-33,56-59,63,82-84H,6-7,18-31,34-38H2,1-3H3,(H,70,79)(H,71,90)(H,86,87)(H,88,89)(H,73,75,85)/t56-,57-,58+,59-,63+,66?,67?,68?/m0/s1. The van der Waals surface area contributed by atoms with Gasteiger partial charge >= 0.3 is 18.0 Å². The van der Waals surface area contributed by atoms with E-state index in [0.29, 0.717) is 64.7 Å². The van der Waals surface area contributed by atoms with Crippen molar-refractivity contribution < 1.29 is 91.9 Å². The van der Waals surface area contributed by atoms with Crippen molar-refractivity contribution in [1.82, 2.24) is 35.3 Å². The van der Waals surface area contributed by atoms with Gasteiger partial charge in [0.1, 0.15) is 54.7 Å². The van der Waals surface area contributed by atoms with Crippen molar-refractivity contribution in [3.63, 3.8) is 0 Å². The number of aliphatic hydroxyl groups is 3. The van der Waals surface area contributed by atoms with Crippen LogP contribution in [0.5, 0.6) is 11.5 Å². The minimum absolute atomic E-state index is 0.00964. The van der Waals surface area contributed by atoms with E-state index >= 15 is 4.39 Å². The number of aliphatic hydroxyl groups excluding tert-OH is 3. The Labute approximate surface area is 560 Å². The number of aromatic carboxylic acids is 1. The summed E-state index contributed by atoms with van der Waals surface area (Å²) in [5, 5.41) is 64.9. The second-order valence-corrected chi connectivity index (χ2v) is 26.9. The fourth-order valence-corrected chi connectivity index (χ4v) is 15.2. The highest BCUT2D eigenvalue weighted by molar-refractivity contribution is 7.22. The van der Waals surface area contributed by atoms with Crippen LogP contribution in [-0.4, -0.2) is 181 Å². The number of amides is 5. The van der Waals surface area contributed by atoms with Crippen molar-refractivity contribution in [2.45, 2.75) is 141 Å². The first-order chi connectivity index (χ1) is 46.5. The van der Waals surface area contributed by atoms with Crippen LogP contribution in [0.2, 0.25) is 0 Å². The number of carbonyl (C=O) groups excluding carboxylic acids is 5. The van der Waals surface area contributed by atoms with E-state index in [1.54, 1.807) is 18.3 Å². The average molecular weight is 1360 g/mol. The van der Waals surface area contributed by atoms with Gasteiger partial charge in [-0.15, -0.1) is 0 Å². The van der Waals surface area contributed by atoms with Crippen LogP contribution in [0.3, 0.4) is 0 Å². The molecule has 3 aromatic heterocycles. The molecule has 3 fully saturated rings. The molecule has 11 rings (SSSR count). The molecule has 3 aromatic carbocycles. The van der Waals surface area contributed by atoms with Crippen LogP contribution in [-0.2, 0) is 64.2 Å². The lowest BCUT2D eigenvalue weighted by Crippen LogP contribution is -2.61. The van der Waals surface area contributed by atoms with Gasteiger partial charge in [-0.25, -0.2) is 28.7 Å². The predicted octanol–water partition coefficient (Wildman–Crippen LogP) is 6.46. The number of aromatic nitrogens is 4. The fraction of sp³-hybridized carbons (Fsp3) is 0.471. The molecule has 5 amide bonds. The number of rotatable bonds is 28. The van der Waals surface area contributed by atoms with E-state index in [-0.39, 0.29) is 106 Å². The third-order valence-corrected chi connectivity index (χ3v) is 19.5. The normalized spacial score (nSPS) is 23.6. The monoisotopic (exact) mass is 1360 g/mol. The van der Waals surface area contributed by atoms with Crippen LogP contribution in [0, 0.1) is 23.6 Å². The van der Waals surface area contributed by atoms with Crippen molar-refractivity contribution >= 4 is 74.2 Å². The van der Waals surface area contributed by atoms with Gasteiger partial charge in [-0.2, -0.15) is 5.10 Å². The second-order valence-electron chi connectivity index (χ2n) is 25.9. The van der Waals surface area contributed by atoms with Crippen molar-refractivity contribution in [2.24, 2.45) is 10.8 Å². The first kappa shape index (κ1) is 69.4. The van der Waals surface area contributed by atoms with Crippen LogP contribution in [0.25, 0.3) is 21.3 Å². The molecule has 7 atom stereocenters. The smallest absolute Gasteiger partial charge is 0.407 e. The lowest BCUT2D eigenvalue weighted by molar-refractivity contribution is -0.271. The number of anilines is 2. The molecule has 6 aromatic rings. The lowest BCUT2D eigenvalue weighted by Gasteiger charge is -2.57. The van der Waals surface area contributed by atoms with Crippen LogP contribution < -0.4 is 30.3 Å². The van der Waals surface area contributed by atoms with Crippen molar-refractivity contribution in [1.29, 1.82) is 0 Å².